The lowest BCUT2D eigenvalue weighted by molar-refractivity contribution is 0.0148. The van der Waals surface area contributed by atoms with Crippen LogP contribution in [0, 0.1) is 5.92 Å². The molecule has 3 rings (SSSR count). The number of hydrazine groups is 1. The van der Waals surface area contributed by atoms with Gasteiger partial charge in [0.05, 0.1) is 13.2 Å². The molecule has 0 N–H and O–H groups in total. The van der Waals surface area contributed by atoms with Gasteiger partial charge in [0.1, 0.15) is 0 Å². The van der Waals surface area contributed by atoms with E-state index < -0.39 is 0 Å². The summed E-state index contributed by atoms with van der Waals surface area (Å²) in [6.07, 6.45) is 5.01. The molecule has 6 heteroatoms. The van der Waals surface area contributed by atoms with Crippen molar-refractivity contribution in [3.8, 4) is 0 Å². The molecule has 2 aliphatic heterocycles. The highest BCUT2D eigenvalue weighted by Gasteiger charge is 2.30. The van der Waals surface area contributed by atoms with Crippen molar-refractivity contribution in [2.24, 2.45) is 5.92 Å². The molecule has 26 heavy (non-hydrogen) atoms. The Hall–Kier alpha value is -1.56. The van der Waals surface area contributed by atoms with E-state index in [4.69, 9.17) is 16.3 Å². The molecule has 2 heterocycles. The highest BCUT2D eigenvalue weighted by Crippen LogP contribution is 2.28. The zero-order valence-corrected chi connectivity index (χ0v) is 16.4. The van der Waals surface area contributed by atoms with Gasteiger partial charge in [0.25, 0.3) is 0 Å². The molecule has 1 fully saturated rings. The highest BCUT2D eigenvalue weighted by atomic mass is 35.5. The van der Waals surface area contributed by atoms with Crippen LogP contribution < -0.4 is 0 Å². The maximum Gasteiger partial charge on any atom is 0.338 e. The number of carbonyl (C=O) groups is 1. The van der Waals surface area contributed by atoms with Gasteiger partial charge in [-0.3, -0.25) is 0 Å². The summed E-state index contributed by atoms with van der Waals surface area (Å²) in [6.45, 7) is 8.59. The van der Waals surface area contributed by atoms with Gasteiger partial charge in [0.15, 0.2) is 0 Å². The third-order valence-electron chi connectivity index (χ3n) is 4.87. The molecule has 142 valence electrons. The van der Waals surface area contributed by atoms with Crippen molar-refractivity contribution in [2.75, 3.05) is 39.4 Å². The smallest absolute Gasteiger partial charge is 0.338 e. The first-order chi connectivity index (χ1) is 12.5. The Balaban J connectivity index is 1.70. The minimum Gasteiger partial charge on any atom is -0.378 e. The molecule has 5 nitrogen and oxygen atoms in total. The van der Waals surface area contributed by atoms with E-state index in [1.54, 1.807) is 5.01 Å². The molecular formula is C20H28ClN3O2. The van der Waals surface area contributed by atoms with E-state index in [2.05, 4.69) is 31.0 Å². The number of urea groups is 1. The van der Waals surface area contributed by atoms with Crippen LogP contribution in [-0.2, 0) is 4.74 Å². The molecule has 1 aromatic rings. The van der Waals surface area contributed by atoms with Crippen molar-refractivity contribution in [3.05, 3.63) is 47.1 Å². The van der Waals surface area contributed by atoms with Crippen LogP contribution in [0.4, 0.5) is 4.79 Å². The van der Waals surface area contributed by atoms with Crippen LogP contribution >= 0.6 is 11.6 Å². The number of hydrogen-bond donors (Lipinski definition) is 0. The maximum absolute atomic E-state index is 12.9. The fourth-order valence-electron chi connectivity index (χ4n) is 3.57. The van der Waals surface area contributed by atoms with Gasteiger partial charge in [-0.25, -0.2) is 14.8 Å². The predicted molar refractivity (Wildman–Crippen MR) is 104 cm³/mol. The van der Waals surface area contributed by atoms with Crippen LogP contribution in [0.3, 0.4) is 0 Å². The Kier molecular flexibility index (Phi) is 6.57. The second-order valence-electron chi connectivity index (χ2n) is 7.36. The molecule has 1 atom stereocenters. The van der Waals surface area contributed by atoms with Crippen LogP contribution in [-0.4, -0.2) is 60.3 Å². The Morgan fingerprint density at radius 2 is 1.88 bits per heavy atom. The molecule has 0 spiro atoms. The lowest BCUT2D eigenvalue weighted by atomic mass is 9.90. The molecule has 2 aliphatic rings. The van der Waals surface area contributed by atoms with Crippen LogP contribution in [0.5, 0.6) is 0 Å². The summed E-state index contributed by atoms with van der Waals surface area (Å²) < 4.78 is 5.36. The quantitative estimate of drug-likeness (QED) is 0.779. The summed E-state index contributed by atoms with van der Waals surface area (Å²) in [5.74, 6) is 0.932. The average molecular weight is 378 g/mol. The molecular weight excluding hydrogens is 350 g/mol. The van der Waals surface area contributed by atoms with E-state index in [0.29, 0.717) is 38.1 Å². The summed E-state index contributed by atoms with van der Waals surface area (Å²) in [5, 5.41) is 4.66. The lowest BCUT2D eigenvalue weighted by Gasteiger charge is -2.36. The Bertz CT molecular complexity index is 626. The van der Waals surface area contributed by atoms with Gasteiger partial charge in [-0.2, -0.15) is 0 Å². The Morgan fingerprint density at radius 1 is 1.19 bits per heavy atom. The van der Waals surface area contributed by atoms with Crippen molar-refractivity contribution >= 4 is 17.6 Å². The summed E-state index contributed by atoms with van der Waals surface area (Å²) in [6, 6.07) is 8.15. The molecule has 0 radical (unpaired) electrons. The summed E-state index contributed by atoms with van der Waals surface area (Å²) in [7, 11) is 0. The van der Waals surface area contributed by atoms with E-state index in [9.17, 15) is 4.79 Å². The molecule has 1 aromatic carbocycles. The van der Waals surface area contributed by atoms with Gasteiger partial charge in [0.2, 0.25) is 0 Å². The van der Waals surface area contributed by atoms with Crippen molar-refractivity contribution in [1.82, 2.24) is 14.9 Å². The number of ether oxygens (including phenoxy) is 1. The zero-order valence-electron chi connectivity index (χ0n) is 15.6. The van der Waals surface area contributed by atoms with Gasteiger partial charge in [-0.05, 0) is 36.0 Å². The van der Waals surface area contributed by atoms with E-state index >= 15 is 0 Å². The standard InChI is InChI=1S/C20H28ClN3O2/c1-16(2)14-18(17-4-6-19(21)7-5-17)15-23-8-3-9-24(23)20(25)22-10-12-26-13-11-22/h3-7,9,16,18H,8,10-15H2,1-2H3. The average Bonchev–Trinajstić information content (AvgIpc) is 3.10. The summed E-state index contributed by atoms with van der Waals surface area (Å²) in [4.78, 5) is 14.7. The predicted octanol–water partition coefficient (Wildman–Crippen LogP) is 3.97. The van der Waals surface area contributed by atoms with E-state index in [0.717, 1.165) is 24.5 Å². The van der Waals surface area contributed by atoms with Crippen molar-refractivity contribution in [2.45, 2.75) is 26.2 Å². The summed E-state index contributed by atoms with van der Waals surface area (Å²) >= 11 is 6.05. The van der Waals surface area contributed by atoms with Gasteiger partial charge >= 0.3 is 6.03 Å². The zero-order chi connectivity index (χ0) is 18.5. The minimum absolute atomic E-state index is 0.0430. The molecule has 0 aliphatic carbocycles. The van der Waals surface area contributed by atoms with Gasteiger partial charge in [-0.15, -0.1) is 0 Å². The van der Waals surface area contributed by atoms with Gasteiger partial charge < -0.3 is 9.64 Å². The number of halogens is 1. The SMILES string of the molecule is CC(C)CC(CN1CC=CN1C(=O)N1CCOCC1)c1ccc(Cl)cc1. The minimum atomic E-state index is 0.0430. The number of amides is 2. The molecule has 1 saturated heterocycles. The number of carbonyl (C=O) groups excluding carboxylic acids is 1. The molecule has 0 aromatic heterocycles. The van der Waals surface area contributed by atoms with E-state index in [1.165, 1.54) is 5.56 Å². The van der Waals surface area contributed by atoms with Crippen molar-refractivity contribution in [1.29, 1.82) is 0 Å². The number of hydrogen-bond acceptors (Lipinski definition) is 3. The second kappa shape index (κ2) is 8.89. The normalized spacial score (nSPS) is 19.4. The van der Waals surface area contributed by atoms with E-state index in [-0.39, 0.29) is 6.03 Å². The van der Waals surface area contributed by atoms with Crippen LogP contribution in [0.25, 0.3) is 0 Å². The molecule has 1 unspecified atom stereocenters. The number of nitrogens with zero attached hydrogens (tertiary/aromatic N) is 3. The molecule has 0 bridgehead atoms. The van der Waals surface area contributed by atoms with Crippen molar-refractivity contribution < 1.29 is 9.53 Å². The maximum atomic E-state index is 12.9. The molecule has 0 saturated carbocycles. The van der Waals surface area contributed by atoms with Crippen LogP contribution in [0.2, 0.25) is 5.02 Å². The Morgan fingerprint density at radius 3 is 2.54 bits per heavy atom. The molecule has 2 amide bonds. The van der Waals surface area contributed by atoms with Crippen LogP contribution in [0.15, 0.2) is 36.5 Å². The summed E-state index contributed by atoms with van der Waals surface area (Å²) in [5.41, 5.74) is 1.27. The third-order valence-corrected chi connectivity index (χ3v) is 5.13. The number of morpholine rings is 1. The van der Waals surface area contributed by atoms with E-state index in [1.807, 2.05) is 29.3 Å². The second-order valence-corrected chi connectivity index (χ2v) is 7.80. The first-order valence-corrected chi connectivity index (χ1v) is 9.75. The topological polar surface area (TPSA) is 36.0 Å². The fourth-order valence-corrected chi connectivity index (χ4v) is 3.70. The number of rotatable bonds is 5. The van der Waals surface area contributed by atoms with Gasteiger partial charge in [-0.1, -0.05) is 43.7 Å². The number of benzene rings is 1. The van der Waals surface area contributed by atoms with Crippen molar-refractivity contribution in [3.63, 3.8) is 0 Å². The third kappa shape index (κ3) is 4.78. The first kappa shape index (κ1) is 19.2. The largest absolute Gasteiger partial charge is 0.378 e. The lowest BCUT2D eigenvalue weighted by Crippen LogP contribution is -2.51. The van der Waals surface area contributed by atoms with Gasteiger partial charge in [0, 0.05) is 37.4 Å². The van der Waals surface area contributed by atoms with Crippen LogP contribution in [0.1, 0.15) is 31.7 Å². The first-order valence-electron chi connectivity index (χ1n) is 9.37. The highest BCUT2D eigenvalue weighted by molar-refractivity contribution is 6.30. The fraction of sp³-hybridized carbons (Fsp3) is 0.550. The Labute approximate surface area is 161 Å². The monoisotopic (exact) mass is 377 g/mol.